The number of amides is 2. The van der Waals surface area contributed by atoms with E-state index in [9.17, 15) is 14.4 Å². The van der Waals surface area contributed by atoms with Crippen molar-refractivity contribution in [3.05, 3.63) is 35.4 Å². The highest BCUT2D eigenvalue weighted by Gasteiger charge is 2.30. The lowest BCUT2D eigenvalue weighted by atomic mass is 9.94. The van der Waals surface area contributed by atoms with Crippen LogP contribution in [0.4, 0.5) is 0 Å². The van der Waals surface area contributed by atoms with Gasteiger partial charge in [0.2, 0.25) is 11.8 Å². The van der Waals surface area contributed by atoms with Crippen molar-refractivity contribution < 1.29 is 14.4 Å². The summed E-state index contributed by atoms with van der Waals surface area (Å²) < 4.78 is 0. The molecule has 5 heteroatoms. The number of piperidine rings is 2. The van der Waals surface area contributed by atoms with Crippen molar-refractivity contribution in [3.63, 3.8) is 0 Å². The molecule has 2 fully saturated rings. The Bertz CT molecular complexity index is 684. The first-order valence-corrected chi connectivity index (χ1v) is 10.8. The van der Waals surface area contributed by atoms with E-state index in [2.05, 4.69) is 6.92 Å². The maximum atomic E-state index is 12.6. The van der Waals surface area contributed by atoms with Gasteiger partial charge >= 0.3 is 0 Å². The van der Waals surface area contributed by atoms with Crippen LogP contribution in [0.2, 0.25) is 0 Å². The van der Waals surface area contributed by atoms with Crippen molar-refractivity contribution >= 4 is 17.6 Å². The van der Waals surface area contributed by atoms with Gasteiger partial charge in [-0.25, -0.2) is 0 Å². The van der Waals surface area contributed by atoms with Crippen molar-refractivity contribution in [1.82, 2.24) is 9.80 Å². The summed E-state index contributed by atoms with van der Waals surface area (Å²) in [4.78, 5) is 41.3. The molecular formula is C23H32N2O3. The topological polar surface area (TPSA) is 57.7 Å². The summed E-state index contributed by atoms with van der Waals surface area (Å²) >= 11 is 0. The Labute approximate surface area is 168 Å². The SMILES string of the molecule is CCc1ccc(C(=O)CCC(=O)N2CCC(C(=O)N3CCCCC3)CC2)cc1. The minimum atomic E-state index is 0.0196. The van der Waals surface area contributed by atoms with E-state index in [-0.39, 0.29) is 36.4 Å². The average Bonchev–Trinajstić information content (AvgIpc) is 2.77. The molecule has 0 N–H and O–H groups in total. The van der Waals surface area contributed by atoms with Gasteiger partial charge < -0.3 is 9.80 Å². The maximum Gasteiger partial charge on any atom is 0.225 e. The molecule has 2 aliphatic rings. The number of benzene rings is 1. The lowest BCUT2D eigenvalue weighted by molar-refractivity contribution is -0.141. The smallest absolute Gasteiger partial charge is 0.225 e. The normalized spacial score (nSPS) is 18.2. The zero-order valence-electron chi connectivity index (χ0n) is 17.0. The van der Waals surface area contributed by atoms with Gasteiger partial charge in [0.1, 0.15) is 0 Å². The highest BCUT2D eigenvalue weighted by molar-refractivity contribution is 5.98. The molecule has 0 bridgehead atoms. The van der Waals surface area contributed by atoms with Crippen LogP contribution in [0.25, 0.3) is 0 Å². The van der Waals surface area contributed by atoms with Gasteiger partial charge in [0.25, 0.3) is 0 Å². The lowest BCUT2D eigenvalue weighted by Gasteiger charge is -2.35. The molecule has 0 aliphatic carbocycles. The molecule has 2 heterocycles. The number of likely N-dealkylation sites (tertiary alicyclic amines) is 2. The molecule has 1 aromatic rings. The van der Waals surface area contributed by atoms with Gasteiger partial charge in [-0.3, -0.25) is 14.4 Å². The Morgan fingerprint density at radius 3 is 2.11 bits per heavy atom. The molecule has 0 unspecified atom stereocenters. The first-order valence-electron chi connectivity index (χ1n) is 10.8. The largest absolute Gasteiger partial charge is 0.343 e. The average molecular weight is 385 g/mol. The van der Waals surface area contributed by atoms with Gasteiger partial charge in [0, 0.05) is 50.5 Å². The Hall–Kier alpha value is -2.17. The van der Waals surface area contributed by atoms with Crippen LogP contribution in [0, 0.1) is 5.92 Å². The molecule has 0 spiro atoms. The van der Waals surface area contributed by atoms with Gasteiger partial charge in [-0.1, -0.05) is 31.2 Å². The Kier molecular flexibility index (Phi) is 7.24. The number of carbonyl (C=O) groups excluding carboxylic acids is 3. The molecule has 2 saturated heterocycles. The van der Waals surface area contributed by atoms with Gasteiger partial charge in [-0.15, -0.1) is 0 Å². The van der Waals surface area contributed by atoms with E-state index in [1.807, 2.05) is 34.1 Å². The first kappa shape index (κ1) is 20.6. The van der Waals surface area contributed by atoms with Crippen LogP contribution < -0.4 is 0 Å². The van der Waals surface area contributed by atoms with Crippen LogP contribution in [0.15, 0.2) is 24.3 Å². The van der Waals surface area contributed by atoms with Crippen molar-refractivity contribution in [2.75, 3.05) is 26.2 Å². The number of hydrogen-bond acceptors (Lipinski definition) is 3. The minimum Gasteiger partial charge on any atom is -0.343 e. The molecule has 2 aliphatic heterocycles. The Morgan fingerprint density at radius 2 is 1.50 bits per heavy atom. The summed E-state index contributed by atoms with van der Waals surface area (Å²) in [5, 5.41) is 0. The number of carbonyl (C=O) groups is 3. The van der Waals surface area contributed by atoms with Gasteiger partial charge in [-0.2, -0.15) is 0 Å². The van der Waals surface area contributed by atoms with Gasteiger partial charge in [0.05, 0.1) is 0 Å². The molecule has 3 rings (SSSR count). The standard InChI is InChI=1S/C23H32N2O3/c1-2-18-6-8-19(9-7-18)21(26)10-11-22(27)24-16-12-20(13-17-24)23(28)25-14-4-3-5-15-25/h6-9,20H,2-5,10-17H2,1H3. The minimum absolute atomic E-state index is 0.0196. The third-order valence-corrected chi connectivity index (χ3v) is 6.11. The fraction of sp³-hybridized carbons (Fsp3) is 0.609. The van der Waals surface area contributed by atoms with Crippen LogP contribution in [0.3, 0.4) is 0 Å². The van der Waals surface area contributed by atoms with E-state index < -0.39 is 0 Å². The molecule has 152 valence electrons. The molecule has 2 amide bonds. The van der Waals surface area contributed by atoms with Crippen molar-refractivity contribution in [3.8, 4) is 0 Å². The third-order valence-electron chi connectivity index (χ3n) is 6.11. The molecule has 1 aromatic carbocycles. The molecule has 0 radical (unpaired) electrons. The Balaban J connectivity index is 1.42. The molecule has 0 saturated carbocycles. The summed E-state index contributed by atoms with van der Waals surface area (Å²) in [6, 6.07) is 7.64. The molecule has 0 aromatic heterocycles. The van der Waals surface area contributed by atoms with E-state index in [4.69, 9.17) is 0 Å². The summed E-state index contributed by atoms with van der Waals surface area (Å²) in [5.41, 5.74) is 1.88. The summed E-state index contributed by atoms with van der Waals surface area (Å²) in [7, 11) is 0. The van der Waals surface area contributed by atoms with Crippen molar-refractivity contribution in [2.24, 2.45) is 5.92 Å². The molecular weight excluding hydrogens is 352 g/mol. The predicted molar refractivity (Wildman–Crippen MR) is 109 cm³/mol. The molecule has 0 atom stereocenters. The fourth-order valence-electron chi connectivity index (χ4n) is 4.20. The van der Waals surface area contributed by atoms with E-state index in [0.29, 0.717) is 18.7 Å². The number of aryl methyl sites for hydroxylation is 1. The van der Waals surface area contributed by atoms with Crippen LogP contribution in [-0.2, 0) is 16.0 Å². The van der Waals surface area contributed by atoms with Gasteiger partial charge in [0.15, 0.2) is 5.78 Å². The predicted octanol–water partition coefficient (Wildman–Crippen LogP) is 3.46. The molecule has 28 heavy (non-hydrogen) atoms. The highest BCUT2D eigenvalue weighted by Crippen LogP contribution is 2.22. The third kappa shape index (κ3) is 5.21. The Morgan fingerprint density at radius 1 is 0.857 bits per heavy atom. The van der Waals surface area contributed by atoms with E-state index >= 15 is 0 Å². The zero-order chi connectivity index (χ0) is 19.9. The van der Waals surface area contributed by atoms with E-state index in [1.54, 1.807) is 0 Å². The summed E-state index contributed by atoms with van der Waals surface area (Å²) in [5.74, 6) is 0.381. The fourth-order valence-corrected chi connectivity index (χ4v) is 4.20. The number of rotatable bonds is 6. The van der Waals surface area contributed by atoms with E-state index in [0.717, 1.165) is 45.2 Å². The monoisotopic (exact) mass is 384 g/mol. The lowest BCUT2D eigenvalue weighted by Crippen LogP contribution is -2.45. The van der Waals surface area contributed by atoms with E-state index in [1.165, 1.54) is 12.0 Å². The second kappa shape index (κ2) is 9.85. The number of nitrogens with zero attached hydrogens (tertiary/aromatic N) is 2. The second-order valence-corrected chi connectivity index (χ2v) is 8.01. The number of hydrogen-bond donors (Lipinski definition) is 0. The van der Waals surface area contributed by atoms with Crippen molar-refractivity contribution in [1.29, 1.82) is 0 Å². The van der Waals surface area contributed by atoms with Crippen LogP contribution >= 0.6 is 0 Å². The van der Waals surface area contributed by atoms with Crippen LogP contribution in [-0.4, -0.2) is 53.6 Å². The zero-order valence-corrected chi connectivity index (χ0v) is 17.0. The highest BCUT2D eigenvalue weighted by atomic mass is 16.2. The van der Waals surface area contributed by atoms with Gasteiger partial charge in [-0.05, 0) is 44.1 Å². The summed E-state index contributed by atoms with van der Waals surface area (Å²) in [6.45, 7) is 5.11. The molecule has 5 nitrogen and oxygen atoms in total. The maximum absolute atomic E-state index is 12.6. The number of Topliss-reactive ketones (excluding diaryl/α,β-unsaturated/α-hetero) is 1. The quantitative estimate of drug-likeness (QED) is 0.706. The first-order chi connectivity index (χ1) is 13.6. The van der Waals surface area contributed by atoms with Crippen LogP contribution in [0.1, 0.15) is 67.8 Å². The van der Waals surface area contributed by atoms with Crippen molar-refractivity contribution in [2.45, 2.75) is 58.3 Å². The summed E-state index contributed by atoms with van der Waals surface area (Å²) in [6.07, 6.45) is 6.37. The number of ketones is 1. The van der Waals surface area contributed by atoms with Crippen LogP contribution in [0.5, 0.6) is 0 Å². The second-order valence-electron chi connectivity index (χ2n) is 8.01.